The Hall–Kier alpha value is -3.87. The van der Waals surface area contributed by atoms with Gasteiger partial charge in [0.05, 0.1) is 42.0 Å². The van der Waals surface area contributed by atoms with Gasteiger partial charge in [0.25, 0.3) is 5.56 Å². The smallest absolute Gasteiger partial charge is 0.266 e. The molecule has 2 aromatic heterocycles. The molecule has 0 fully saturated rings. The molecule has 0 bridgehead atoms. The molecule has 7 nitrogen and oxygen atoms in total. The fraction of sp³-hybridized carbons (Fsp3) is 0.321. The summed E-state index contributed by atoms with van der Waals surface area (Å²) in [5, 5.41) is 0.504. The summed E-state index contributed by atoms with van der Waals surface area (Å²) in [6.45, 7) is 6.60. The number of rotatable bonds is 10. The Balaban J connectivity index is 1.91. The second kappa shape index (κ2) is 11.0. The SMILES string of the molecule is CCCCC(=O)N(Cc1ccco1)C(C)c1nc2ccccc2c(=O)n1-c1ccccc1OCC. The first-order valence-corrected chi connectivity index (χ1v) is 12.1. The number of aromatic nitrogens is 2. The average Bonchev–Trinajstić information content (AvgIpc) is 3.39. The highest BCUT2D eigenvalue weighted by molar-refractivity contribution is 5.79. The van der Waals surface area contributed by atoms with E-state index in [1.165, 1.54) is 0 Å². The zero-order valence-electron chi connectivity index (χ0n) is 20.4. The van der Waals surface area contributed by atoms with Crippen molar-refractivity contribution in [3.63, 3.8) is 0 Å². The van der Waals surface area contributed by atoms with Crippen LogP contribution in [0.2, 0.25) is 0 Å². The van der Waals surface area contributed by atoms with Crippen LogP contribution in [0.15, 0.2) is 76.1 Å². The Kier molecular flexibility index (Phi) is 7.65. The van der Waals surface area contributed by atoms with E-state index in [0.717, 1.165) is 12.8 Å². The number of para-hydroxylation sites is 3. The maximum atomic E-state index is 13.8. The van der Waals surface area contributed by atoms with E-state index in [2.05, 4.69) is 6.92 Å². The molecule has 1 atom stereocenters. The van der Waals surface area contributed by atoms with Gasteiger partial charge < -0.3 is 14.1 Å². The van der Waals surface area contributed by atoms with E-state index in [1.54, 1.807) is 27.9 Å². The third kappa shape index (κ3) is 5.14. The van der Waals surface area contributed by atoms with Crippen LogP contribution >= 0.6 is 0 Å². The number of furan rings is 1. The number of fused-ring (bicyclic) bond motifs is 1. The first-order valence-electron chi connectivity index (χ1n) is 12.1. The van der Waals surface area contributed by atoms with Gasteiger partial charge in [-0.15, -0.1) is 0 Å². The molecule has 0 saturated heterocycles. The number of carbonyl (C=O) groups excluding carboxylic acids is 1. The van der Waals surface area contributed by atoms with Gasteiger partial charge in [-0.1, -0.05) is 37.6 Å². The minimum Gasteiger partial charge on any atom is -0.492 e. The zero-order chi connectivity index (χ0) is 24.8. The summed E-state index contributed by atoms with van der Waals surface area (Å²) in [5.41, 5.74) is 0.977. The molecular weight excluding hydrogens is 442 g/mol. The van der Waals surface area contributed by atoms with E-state index in [-0.39, 0.29) is 18.0 Å². The van der Waals surface area contributed by atoms with Crippen molar-refractivity contribution < 1.29 is 13.9 Å². The standard InChI is InChI=1S/C28H31N3O4/c1-4-6-17-26(32)30(19-21-12-11-18-35-21)20(3)27-29-23-14-8-7-13-22(23)28(33)31(27)24-15-9-10-16-25(24)34-5-2/h7-16,18,20H,4-6,17,19H2,1-3H3. The van der Waals surface area contributed by atoms with Crippen LogP contribution in [0.25, 0.3) is 16.6 Å². The second-order valence-corrected chi connectivity index (χ2v) is 8.41. The topological polar surface area (TPSA) is 77.6 Å². The first-order chi connectivity index (χ1) is 17.0. The molecule has 0 saturated carbocycles. The number of unbranched alkanes of at least 4 members (excludes halogenated alkanes) is 1. The van der Waals surface area contributed by atoms with Crippen molar-refractivity contribution in [2.24, 2.45) is 0 Å². The van der Waals surface area contributed by atoms with Gasteiger partial charge in [0.2, 0.25) is 5.91 Å². The van der Waals surface area contributed by atoms with Crippen molar-refractivity contribution >= 4 is 16.8 Å². The maximum Gasteiger partial charge on any atom is 0.266 e. The summed E-state index contributed by atoms with van der Waals surface area (Å²) in [6, 6.07) is 17.8. The van der Waals surface area contributed by atoms with Crippen molar-refractivity contribution in [2.75, 3.05) is 6.61 Å². The van der Waals surface area contributed by atoms with E-state index < -0.39 is 6.04 Å². The molecule has 0 aliphatic carbocycles. The lowest BCUT2D eigenvalue weighted by atomic mass is 10.1. The van der Waals surface area contributed by atoms with Crippen LogP contribution < -0.4 is 10.3 Å². The van der Waals surface area contributed by atoms with Crippen molar-refractivity contribution in [3.05, 3.63) is 88.9 Å². The predicted molar refractivity (Wildman–Crippen MR) is 136 cm³/mol. The van der Waals surface area contributed by atoms with Gasteiger partial charge in [-0.2, -0.15) is 0 Å². The molecule has 35 heavy (non-hydrogen) atoms. The Morgan fingerprint density at radius 3 is 2.60 bits per heavy atom. The predicted octanol–water partition coefficient (Wildman–Crippen LogP) is 5.66. The van der Waals surface area contributed by atoms with Crippen LogP contribution in [-0.4, -0.2) is 27.0 Å². The Labute approximate surface area is 205 Å². The summed E-state index contributed by atoms with van der Waals surface area (Å²) in [4.78, 5) is 33.8. The maximum absolute atomic E-state index is 13.8. The van der Waals surface area contributed by atoms with Gasteiger partial charge in [0.1, 0.15) is 17.3 Å². The number of benzene rings is 2. The van der Waals surface area contributed by atoms with E-state index in [4.69, 9.17) is 14.1 Å². The molecule has 0 aliphatic rings. The summed E-state index contributed by atoms with van der Waals surface area (Å²) in [5.74, 6) is 1.71. The molecule has 2 heterocycles. The lowest BCUT2D eigenvalue weighted by Crippen LogP contribution is -2.37. The molecule has 2 aromatic carbocycles. The lowest BCUT2D eigenvalue weighted by Gasteiger charge is -2.30. The number of hydrogen-bond donors (Lipinski definition) is 0. The average molecular weight is 474 g/mol. The molecule has 1 amide bonds. The van der Waals surface area contributed by atoms with Crippen LogP contribution in [0.4, 0.5) is 0 Å². The Morgan fingerprint density at radius 2 is 1.86 bits per heavy atom. The van der Waals surface area contributed by atoms with Crippen molar-refractivity contribution in [2.45, 2.75) is 52.6 Å². The molecule has 7 heteroatoms. The minimum absolute atomic E-state index is 0.0113. The monoisotopic (exact) mass is 473 g/mol. The van der Waals surface area contributed by atoms with Crippen LogP contribution in [-0.2, 0) is 11.3 Å². The van der Waals surface area contributed by atoms with Crippen LogP contribution in [0, 0.1) is 0 Å². The highest BCUT2D eigenvalue weighted by atomic mass is 16.5. The van der Waals surface area contributed by atoms with Gasteiger partial charge in [0.15, 0.2) is 0 Å². The van der Waals surface area contributed by atoms with Crippen LogP contribution in [0.1, 0.15) is 57.7 Å². The molecule has 4 rings (SSSR count). The molecule has 0 radical (unpaired) electrons. The Morgan fingerprint density at radius 1 is 1.09 bits per heavy atom. The third-order valence-electron chi connectivity index (χ3n) is 6.02. The summed E-state index contributed by atoms with van der Waals surface area (Å²) >= 11 is 0. The summed E-state index contributed by atoms with van der Waals surface area (Å²) in [7, 11) is 0. The van der Waals surface area contributed by atoms with Crippen molar-refractivity contribution in [1.82, 2.24) is 14.5 Å². The van der Waals surface area contributed by atoms with E-state index in [9.17, 15) is 9.59 Å². The van der Waals surface area contributed by atoms with Gasteiger partial charge in [-0.05, 0) is 56.7 Å². The second-order valence-electron chi connectivity index (χ2n) is 8.41. The molecule has 0 spiro atoms. The zero-order valence-corrected chi connectivity index (χ0v) is 20.4. The minimum atomic E-state index is -0.503. The number of nitrogens with zero attached hydrogens (tertiary/aromatic N) is 3. The highest BCUT2D eigenvalue weighted by Gasteiger charge is 2.28. The van der Waals surface area contributed by atoms with E-state index in [0.29, 0.717) is 47.0 Å². The summed E-state index contributed by atoms with van der Waals surface area (Å²) in [6.07, 6.45) is 3.70. The molecule has 4 aromatic rings. The van der Waals surface area contributed by atoms with E-state index in [1.807, 2.05) is 62.4 Å². The lowest BCUT2D eigenvalue weighted by molar-refractivity contribution is -0.134. The summed E-state index contributed by atoms with van der Waals surface area (Å²) < 4.78 is 13.0. The third-order valence-corrected chi connectivity index (χ3v) is 6.02. The fourth-order valence-electron chi connectivity index (χ4n) is 4.20. The molecule has 0 aliphatic heterocycles. The van der Waals surface area contributed by atoms with Crippen LogP contribution in [0.3, 0.4) is 0 Å². The van der Waals surface area contributed by atoms with Crippen molar-refractivity contribution in [1.29, 1.82) is 0 Å². The van der Waals surface area contributed by atoms with Gasteiger partial charge in [-0.25, -0.2) is 4.98 Å². The molecule has 0 N–H and O–H groups in total. The van der Waals surface area contributed by atoms with Crippen molar-refractivity contribution in [3.8, 4) is 11.4 Å². The van der Waals surface area contributed by atoms with Gasteiger partial charge in [0, 0.05) is 6.42 Å². The quantitative estimate of drug-likeness (QED) is 0.297. The normalized spacial score (nSPS) is 12.0. The highest BCUT2D eigenvalue weighted by Crippen LogP contribution is 2.29. The number of amides is 1. The van der Waals surface area contributed by atoms with Gasteiger partial charge in [-0.3, -0.25) is 14.2 Å². The van der Waals surface area contributed by atoms with Gasteiger partial charge >= 0.3 is 0 Å². The molecule has 182 valence electrons. The Bertz CT molecular complexity index is 1340. The largest absolute Gasteiger partial charge is 0.492 e. The van der Waals surface area contributed by atoms with E-state index >= 15 is 0 Å². The molecular formula is C28H31N3O4. The first kappa shape index (κ1) is 24.3. The fourth-order valence-corrected chi connectivity index (χ4v) is 4.20. The number of ether oxygens (including phenoxy) is 1. The van der Waals surface area contributed by atoms with Crippen LogP contribution in [0.5, 0.6) is 5.75 Å². The number of carbonyl (C=O) groups is 1. The molecule has 1 unspecified atom stereocenters. The number of hydrogen-bond acceptors (Lipinski definition) is 5.